The molecular formula is C17H23ClN4O3. The SMILES string of the molecule is CCOC(=O)N1CCN(Cc2nnc(-c3ccccc3C)o2)CC1.Cl. The Balaban J connectivity index is 0.00000225. The number of piperazine rings is 1. The van der Waals surface area contributed by atoms with E-state index >= 15 is 0 Å². The molecule has 0 bridgehead atoms. The number of aryl methyl sites for hydroxylation is 1. The summed E-state index contributed by atoms with van der Waals surface area (Å²) in [6, 6.07) is 7.94. The first-order valence-electron chi connectivity index (χ1n) is 8.20. The predicted molar refractivity (Wildman–Crippen MR) is 95.6 cm³/mol. The fraction of sp³-hybridized carbons (Fsp3) is 0.471. The van der Waals surface area contributed by atoms with Crippen molar-refractivity contribution in [3.05, 3.63) is 35.7 Å². The van der Waals surface area contributed by atoms with Crippen LogP contribution in [0.2, 0.25) is 0 Å². The van der Waals surface area contributed by atoms with Crippen LogP contribution < -0.4 is 0 Å². The van der Waals surface area contributed by atoms with Crippen LogP contribution in [-0.2, 0) is 11.3 Å². The number of amides is 1. The molecule has 1 amide bonds. The lowest BCUT2D eigenvalue weighted by Crippen LogP contribution is -2.48. The fourth-order valence-corrected chi connectivity index (χ4v) is 2.73. The molecule has 1 saturated heterocycles. The van der Waals surface area contributed by atoms with Gasteiger partial charge in [-0.2, -0.15) is 0 Å². The average molecular weight is 367 g/mol. The molecule has 0 atom stereocenters. The molecule has 1 aromatic heterocycles. The second kappa shape index (κ2) is 8.82. The van der Waals surface area contributed by atoms with Crippen LogP contribution in [-0.4, -0.2) is 58.9 Å². The summed E-state index contributed by atoms with van der Waals surface area (Å²) in [7, 11) is 0. The largest absolute Gasteiger partial charge is 0.450 e. The molecule has 0 aliphatic carbocycles. The van der Waals surface area contributed by atoms with E-state index in [0.29, 0.717) is 38.0 Å². The molecule has 0 radical (unpaired) electrons. The van der Waals surface area contributed by atoms with Crippen LogP contribution >= 0.6 is 12.4 Å². The van der Waals surface area contributed by atoms with E-state index in [4.69, 9.17) is 9.15 Å². The third kappa shape index (κ3) is 4.70. The molecule has 1 aliphatic heterocycles. The van der Waals surface area contributed by atoms with Gasteiger partial charge in [-0.3, -0.25) is 4.90 Å². The van der Waals surface area contributed by atoms with E-state index in [2.05, 4.69) is 15.1 Å². The maximum absolute atomic E-state index is 11.7. The summed E-state index contributed by atoms with van der Waals surface area (Å²) in [6.07, 6.45) is -0.239. The van der Waals surface area contributed by atoms with Crippen LogP contribution in [0.4, 0.5) is 4.79 Å². The van der Waals surface area contributed by atoms with Gasteiger partial charge >= 0.3 is 6.09 Å². The molecule has 0 N–H and O–H groups in total. The molecule has 0 saturated carbocycles. The van der Waals surface area contributed by atoms with Gasteiger partial charge in [-0.15, -0.1) is 22.6 Å². The van der Waals surface area contributed by atoms with Crippen LogP contribution in [0.15, 0.2) is 28.7 Å². The van der Waals surface area contributed by atoms with Gasteiger partial charge in [0.2, 0.25) is 11.8 Å². The highest BCUT2D eigenvalue weighted by Gasteiger charge is 2.23. The second-order valence-electron chi connectivity index (χ2n) is 5.78. The topological polar surface area (TPSA) is 71.7 Å². The van der Waals surface area contributed by atoms with Gasteiger partial charge in [0.25, 0.3) is 0 Å². The molecule has 0 spiro atoms. The first kappa shape index (κ1) is 19.2. The molecule has 25 heavy (non-hydrogen) atoms. The highest BCUT2D eigenvalue weighted by Crippen LogP contribution is 2.22. The number of ether oxygens (including phenoxy) is 1. The highest BCUT2D eigenvalue weighted by molar-refractivity contribution is 5.85. The van der Waals surface area contributed by atoms with Gasteiger partial charge in [-0.1, -0.05) is 18.2 Å². The lowest BCUT2D eigenvalue weighted by molar-refractivity contribution is 0.0756. The number of aromatic nitrogens is 2. The monoisotopic (exact) mass is 366 g/mol. The Morgan fingerprint density at radius 3 is 2.60 bits per heavy atom. The van der Waals surface area contributed by atoms with Crippen molar-refractivity contribution in [2.24, 2.45) is 0 Å². The summed E-state index contributed by atoms with van der Waals surface area (Å²) in [5.41, 5.74) is 2.07. The molecule has 136 valence electrons. The number of benzene rings is 1. The number of carbonyl (C=O) groups is 1. The summed E-state index contributed by atoms with van der Waals surface area (Å²) in [4.78, 5) is 15.6. The summed E-state index contributed by atoms with van der Waals surface area (Å²) in [5, 5.41) is 8.30. The minimum absolute atomic E-state index is 0. The molecule has 0 unspecified atom stereocenters. The average Bonchev–Trinajstić information content (AvgIpc) is 3.04. The number of nitrogens with zero attached hydrogens (tertiary/aromatic N) is 4. The van der Waals surface area contributed by atoms with E-state index < -0.39 is 0 Å². The molecule has 1 aliphatic rings. The van der Waals surface area contributed by atoms with Crippen molar-refractivity contribution in [2.75, 3.05) is 32.8 Å². The lowest BCUT2D eigenvalue weighted by Gasteiger charge is -2.33. The van der Waals surface area contributed by atoms with Gasteiger partial charge in [0, 0.05) is 31.7 Å². The highest BCUT2D eigenvalue weighted by atomic mass is 35.5. The van der Waals surface area contributed by atoms with Gasteiger partial charge in [0.1, 0.15) is 0 Å². The van der Waals surface area contributed by atoms with Crippen LogP contribution in [0.1, 0.15) is 18.4 Å². The molecule has 2 heterocycles. The Morgan fingerprint density at radius 2 is 1.92 bits per heavy atom. The van der Waals surface area contributed by atoms with Gasteiger partial charge in [0.05, 0.1) is 13.2 Å². The number of rotatable bonds is 4. The fourth-order valence-electron chi connectivity index (χ4n) is 2.73. The third-order valence-electron chi connectivity index (χ3n) is 4.10. The van der Waals surface area contributed by atoms with Gasteiger partial charge in [0.15, 0.2) is 0 Å². The smallest absolute Gasteiger partial charge is 0.409 e. The zero-order valence-corrected chi connectivity index (χ0v) is 15.3. The Labute approximate surface area is 153 Å². The Bertz CT molecular complexity index is 699. The third-order valence-corrected chi connectivity index (χ3v) is 4.10. The summed E-state index contributed by atoms with van der Waals surface area (Å²) >= 11 is 0. The molecular weight excluding hydrogens is 344 g/mol. The van der Waals surface area contributed by atoms with Crippen LogP contribution in [0.3, 0.4) is 0 Å². The number of hydrogen-bond acceptors (Lipinski definition) is 6. The minimum Gasteiger partial charge on any atom is -0.450 e. The lowest BCUT2D eigenvalue weighted by atomic mass is 10.1. The van der Waals surface area contributed by atoms with Crippen molar-refractivity contribution >= 4 is 18.5 Å². The van der Waals surface area contributed by atoms with E-state index in [0.717, 1.165) is 24.2 Å². The zero-order valence-electron chi connectivity index (χ0n) is 14.5. The number of carbonyl (C=O) groups excluding carboxylic acids is 1. The second-order valence-corrected chi connectivity index (χ2v) is 5.78. The van der Waals surface area contributed by atoms with Crippen molar-refractivity contribution in [3.63, 3.8) is 0 Å². The maximum Gasteiger partial charge on any atom is 0.409 e. The molecule has 1 fully saturated rings. The minimum atomic E-state index is -0.239. The van der Waals surface area contributed by atoms with Gasteiger partial charge < -0.3 is 14.1 Å². The van der Waals surface area contributed by atoms with Crippen LogP contribution in [0.25, 0.3) is 11.5 Å². The first-order valence-corrected chi connectivity index (χ1v) is 8.20. The zero-order chi connectivity index (χ0) is 16.9. The standard InChI is InChI=1S/C17H22N4O3.ClH/c1-3-23-17(22)21-10-8-20(9-11-21)12-15-18-19-16(24-15)14-7-5-4-6-13(14)2;/h4-7H,3,8-12H2,1-2H3;1H. The number of halogens is 1. The van der Waals surface area contributed by atoms with E-state index in [9.17, 15) is 4.79 Å². The van der Waals surface area contributed by atoms with E-state index in [1.165, 1.54) is 0 Å². The normalized spacial score (nSPS) is 14.9. The predicted octanol–water partition coefficient (Wildman–Crippen LogP) is 2.74. The van der Waals surface area contributed by atoms with E-state index in [1.807, 2.05) is 38.1 Å². The molecule has 7 nitrogen and oxygen atoms in total. The Hall–Kier alpha value is -2.12. The van der Waals surface area contributed by atoms with Crippen molar-refractivity contribution in [2.45, 2.75) is 20.4 Å². The first-order chi connectivity index (χ1) is 11.7. The van der Waals surface area contributed by atoms with Crippen LogP contribution in [0.5, 0.6) is 0 Å². The Morgan fingerprint density at radius 1 is 1.20 bits per heavy atom. The molecule has 3 rings (SSSR count). The molecule has 2 aromatic rings. The molecule has 1 aromatic carbocycles. The van der Waals surface area contributed by atoms with E-state index in [-0.39, 0.29) is 18.5 Å². The summed E-state index contributed by atoms with van der Waals surface area (Å²) < 4.78 is 10.8. The van der Waals surface area contributed by atoms with Crippen LogP contribution in [0, 0.1) is 6.92 Å². The van der Waals surface area contributed by atoms with Crippen molar-refractivity contribution in [1.82, 2.24) is 20.0 Å². The summed E-state index contributed by atoms with van der Waals surface area (Å²) in [5.74, 6) is 1.14. The number of hydrogen-bond donors (Lipinski definition) is 0. The van der Waals surface area contributed by atoms with Gasteiger partial charge in [-0.05, 0) is 25.5 Å². The van der Waals surface area contributed by atoms with E-state index in [1.54, 1.807) is 4.90 Å². The maximum atomic E-state index is 11.7. The van der Waals surface area contributed by atoms with Crippen molar-refractivity contribution < 1.29 is 13.9 Å². The molecule has 8 heteroatoms. The van der Waals surface area contributed by atoms with Crippen molar-refractivity contribution in [3.8, 4) is 11.5 Å². The Kier molecular flexibility index (Phi) is 6.78. The van der Waals surface area contributed by atoms with Crippen molar-refractivity contribution in [1.29, 1.82) is 0 Å². The summed E-state index contributed by atoms with van der Waals surface area (Å²) in [6.45, 7) is 7.67. The quantitative estimate of drug-likeness (QED) is 0.828. The van der Waals surface area contributed by atoms with Gasteiger partial charge in [-0.25, -0.2) is 4.79 Å².